The molecule has 2 N–H and O–H groups in total. The van der Waals surface area contributed by atoms with Gasteiger partial charge in [0, 0.05) is 52.0 Å². The van der Waals surface area contributed by atoms with Crippen LogP contribution in [-0.2, 0) is 47.5 Å². The number of aliphatic hydroxyl groups excluding tert-OH is 2. The second-order valence-corrected chi connectivity index (χ2v) is 19.0. The van der Waals surface area contributed by atoms with Crippen LogP contribution in [0.4, 0.5) is 0 Å². The first kappa shape index (κ1) is 48.5. The Kier molecular flexibility index (Phi) is 16.8. The van der Waals surface area contributed by atoms with E-state index in [9.17, 15) is 19.8 Å². The van der Waals surface area contributed by atoms with E-state index >= 15 is 4.79 Å². The van der Waals surface area contributed by atoms with Crippen molar-refractivity contribution in [3.05, 3.63) is 36.0 Å². The lowest BCUT2D eigenvalue weighted by atomic mass is 9.81. The number of ether oxygens (including phenoxy) is 7. The Balaban J connectivity index is 1.58. The molecule has 1 spiro atoms. The molecule has 4 aliphatic heterocycles. The standard InChI is InChI=1S/C47H75NO12/c1-12-15-33-21-27(2)20-28(3)22-39(55-10)42-40(56-11)24-30(5)47(58-42)43(59-46(7,8)60-47)44(52)48-19-14-13-16-34(48)45(53)57-41(31(6)36(50)26-37(33)51)29(4)23-32-17-18-35(49)38(25-32)54-9/h12,21,23,28,30-36,38-43,49-50H,1,13-20,22,24-26H2,2-11H3/b27-21+,29-23+/t28-,30+,31+,32-,33+,34-,35+,36-,38+,39-,40-,41+,42+,43-,47-/m0/s1. The number of hydrogen-bond donors (Lipinski definition) is 2. The van der Waals surface area contributed by atoms with Crippen LogP contribution in [0.3, 0.4) is 0 Å². The van der Waals surface area contributed by atoms with Crippen molar-refractivity contribution in [2.45, 2.75) is 186 Å². The molecule has 4 fully saturated rings. The van der Waals surface area contributed by atoms with Crippen LogP contribution in [0.2, 0.25) is 0 Å². The summed E-state index contributed by atoms with van der Waals surface area (Å²) in [5.41, 5.74) is 1.75. The number of methoxy groups -OCH3 is 3. The second-order valence-electron chi connectivity index (χ2n) is 19.0. The predicted molar refractivity (Wildman–Crippen MR) is 225 cm³/mol. The maximum absolute atomic E-state index is 15.1. The lowest BCUT2D eigenvalue weighted by Gasteiger charge is -2.50. The Morgan fingerprint density at radius 2 is 1.60 bits per heavy atom. The SMILES string of the molecule is C=CC[C@@H]1/C=C(\C)C[C@H](C)C[C@H](OC)[C@H]2O[C@]3(OC(C)(C)O[C@H]3C(=O)N3CCCC[C@H]3C(=O)O[C@H](/C(C)=C/[C@@H]3CC[C@@H](O)[C@H](OC)C3)[C@H](C)[C@@H](O)CC1=O)[C@H](C)C[C@@H]2OC. The number of hydrogen-bond acceptors (Lipinski definition) is 12. The third kappa shape index (κ3) is 11.0. The van der Waals surface area contributed by atoms with Crippen LogP contribution < -0.4 is 0 Å². The second kappa shape index (κ2) is 20.8. The predicted octanol–water partition coefficient (Wildman–Crippen LogP) is 6.23. The van der Waals surface area contributed by atoms with Crippen molar-refractivity contribution in [1.82, 2.24) is 4.90 Å². The molecule has 13 nitrogen and oxygen atoms in total. The fraction of sp³-hybridized carbons (Fsp3) is 0.809. The Bertz CT molecular complexity index is 1560. The van der Waals surface area contributed by atoms with Gasteiger partial charge >= 0.3 is 5.97 Å². The largest absolute Gasteiger partial charge is 0.456 e. The molecule has 4 heterocycles. The van der Waals surface area contributed by atoms with Crippen LogP contribution >= 0.6 is 0 Å². The summed E-state index contributed by atoms with van der Waals surface area (Å²) in [5, 5.41) is 22.3. The van der Waals surface area contributed by atoms with Gasteiger partial charge in [0.15, 0.2) is 11.9 Å². The molecule has 2 bridgehead atoms. The third-order valence-electron chi connectivity index (χ3n) is 13.8. The summed E-state index contributed by atoms with van der Waals surface area (Å²) >= 11 is 0. The first-order valence-electron chi connectivity index (χ1n) is 22.4. The Morgan fingerprint density at radius 3 is 2.27 bits per heavy atom. The molecule has 340 valence electrons. The summed E-state index contributed by atoms with van der Waals surface area (Å²) < 4.78 is 44.5. The number of Topliss-reactive ketones (excluding diaryl/α,β-unsaturated/α-hetero) is 1. The van der Waals surface area contributed by atoms with Gasteiger partial charge in [0.2, 0.25) is 5.79 Å². The molecule has 0 aromatic rings. The number of esters is 1. The summed E-state index contributed by atoms with van der Waals surface area (Å²) in [6.45, 7) is 17.6. The molecule has 1 amide bonds. The highest BCUT2D eigenvalue weighted by Gasteiger charge is 2.66. The lowest BCUT2D eigenvalue weighted by Crippen LogP contribution is -2.65. The molecule has 60 heavy (non-hydrogen) atoms. The van der Waals surface area contributed by atoms with E-state index in [4.69, 9.17) is 33.2 Å². The van der Waals surface area contributed by atoms with Gasteiger partial charge in [0.1, 0.15) is 24.0 Å². The van der Waals surface area contributed by atoms with E-state index in [-0.39, 0.29) is 42.2 Å². The van der Waals surface area contributed by atoms with E-state index < -0.39 is 78.0 Å². The van der Waals surface area contributed by atoms with Crippen LogP contribution in [0.1, 0.15) is 119 Å². The van der Waals surface area contributed by atoms with Crippen LogP contribution in [0, 0.1) is 29.6 Å². The van der Waals surface area contributed by atoms with Gasteiger partial charge in [-0.3, -0.25) is 9.59 Å². The average molecular weight is 846 g/mol. The van der Waals surface area contributed by atoms with Gasteiger partial charge in [-0.25, -0.2) is 4.79 Å². The Morgan fingerprint density at radius 1 is 0.917 bits per heavy atom. The van der Waals surface area contributed by atoms with E-state index in [1.807, 2.05) is 32.9 Å². The van der Waals surface area contributed by atoms with Gasteiger partial charge in [-0.2, -0.15) is 0 Å². The van der Waals surface area contributed by atoms with Crippen LogP contribution in [-0.4, -0.2) is 127 Å². The third-order valence-corrected chi connectivity index (χ3v) is 13.8. The number of piperidine rings is 1. The maximum atomic E-state index is 15.1. The number of cyclic esters (lactones) is 1. The molecule has 13 heteroatoms. The van der Waals surface area contributed by atoms with E-state index in [0.29, 0.717) is 70.8 Å². The molecule has 0 aromatic heterocycles. The zero-order valence-electron chi connectivity index (χ0n) is 37.9. The zero-order valence-corrected chi connectivity index (χ0v) is 37.9. The molecule has 0 unspecified atom stereocenters. The van der Waals surface area contributed by atoms with E-state index in [1.165, 1.54) is 0 Å². The number of amides is 1. The van der Waals surface area contributed by atoms with E-state index in [0.717, 1.165) is 11.1 Å². The number of carbonyl (C=O) groups is 3. The normalized spacial score (nSPS) is 42.5. The average Bonchev–Trinajstić information content (AvgIpc) is 3.49. The molecule has 3 saturated heterocycles. The Labute approximate surface area is 358 Å². The van der Waals surface area contributed by atoms with Crippen molar-refractivity contribution in [3.63, 3.8) is 0 Å². The van der Waals surface area contributed by atoms with Crippen molar-refractivity contribution in [3.8, 4) is 0 Å². The minimum absolute atomic E-state index is 0.0316. The fourth-order valence-corrected chi connectivity index (χ4v) is 10.5. The number of ketones is 1. The van der Waals surface area contributed by atoms with Crippen molar-refractivity contribution in [2.75, 3.05) is 27.9 Å². The fourth-order valence-electron chi connectivity index (χ4n) is 10.5. The number of nitrogens with zero attached hydrogens (tertiary/aromatic N) is 1. The summed E-state index contributed by atoms with van der Waals surface area (Å²) in [6, 6.07) is -0.937. The summed E-state index contributed by atoms with van der Waals surface area (Å²) in [7, 11) is 4.89. The number of fused-ring (bicyclic) bond motifs is 2. The molecular weight excluding hydrogens is 771 g/mol. The maximum Gasteiger partial charge on any atom is 0.329 e. The van der Waals surface area contributed by atoms with Gasteiger partial charge in [0.25, 0.3) is 5.91 Å². The number of carbonyl (C=O) groups excluding carboxylic acids is 3. The van der Waals surface area contributed by atoms with Crippen LogP contribution in [0.15, 0.2) is 36.0 Å². The summed E-state index contributed by atoms with van der Waals surface area (Å²) in [6.07, 6.45) is 5.86. The monoisotopic (exact) mass is 846 g/mol. The summed E-state index contributed by atoms with van der Waals surface area (Å²) in [4.78, 5) is 45.3. The highest BCUT2D eigenvalue weighted by molar-refractivity contribution is 5.88. The first-order valence-corrected chi connectivity index (χ1v) is 22.4. The van der Waals surface area contributed by atoms with Crippen molar-refractivity contribution in [1.29, 1.82) is 0 Å². The molecule has 0 aromatic carbocycles. The minimum Gasteiger partial charge on any atom is -0.456 e. The molecular formula is C47H75NO12. The van der Waals surface area contributed by atoms with Gasteiger partial charge in [-0.05, 0) is 109 Å². The van der Waals surface area contributed by atoms with Crippen molar-refractivity contribution >= 4 is 17.7 Å². The number of rotatable bonds is 7. The van der Waals surface area contributed by atoms with E-state index in [1.54, 1.807) is 53.1 Å². The molecule has 1 saturated carbocycles. The molecule has 5 aliphatic rings. The minimum atomic E-state index is -1.51. The molecule has 15 atom stereocenters. The van der Waals surface area contributed by atoms with Crippen LogP contribution in [0.25, 0.3) is 0 Å². The molecule has 5 rings (SSSR count). The number of aliphatic hydroxyl groups is 2. The van der Waals surface area contributed by atoms with Crippen molar-refractivity contribution < 1.29 is 57.8 Å². The Hall–Kier alpha value is -2.49. The van der Waals surface area contributed by atoms with Gasteiger partial charge < -0.3 is 48.3 Å². The summed E-state index contributed by atoms with van der Waals surface area (Å²) in [5.74, 6) is -5.22. The van der Waals surface area contributed by atoms with E-state index in [2.05, 4.69) is 13.5 Å². The van der Waals surface area contributed by atoms with Crippen LogP contribution in [0.5, 0.6) is 0 Å². The number of allylic oxidation sites excluding steroid dienone is 4. The van der Waals surface area contributed by atoms with Gasteiger partial charge in [-0.15, -0.1) is 6.58 Å². The van der Waals surface area contributed by atoms with Crippen molar-refractivity contribution in [2.24, 2.45) is 29.6 Å². The molecule has 0 radical (unpaired) electrons. The zero-order chi connectivity index (χ0) is 44.1. The smallest absolute Gasteiger partial charge is 0.329 e. The van der Waals surface area contributed by atoms with Gasteiger partial charge in [0.05, 0.1) is 30.5 Å². The molecule has 1 aliphatic carbocycles. The lowest BCUT2D eigenvalue weighted by molar-refractivity contribution is -0.342. The topological polar surface area (TPSA) is 160 Å². The van der Waals surface area contributed by atoms with Gasteiger partial charge in [-0.1, -0.05) is 44.6 Å². The first-order chi connectivity index (χ1) is 28.4. The quantitative estimate of drug-likeness (QED) is 0.220. The highest BCUT2D eigenvalue weighted by atomic mass is 16.8. The highest BCUT2D eigenvalue weighted by Crippen LogP contribution is 2.50.